The lowest BCUT2D eigenvalue weighted by Gasteiger charge is -2.32. The first kappa shape index (κ1) is 15.7. The topological polar surface area (TPSA) is 15.3 Å². The maximum atomic E-state index is 13.9. The van der Waals surface area contributed by atoms with Crippen molar-refractivity contribution in [2.24, 2.45) is 5.92 Å². The Morgan fingerprint density at radius 2 is 2.05 bits per heavy atom. The number of nitrogens with one attached hydrogen (secondary N) is 1. The third-order valence-electron chi connectivity index (χ3n) is 4.07. The van der Waals surface area contributed by atoms with Gasteiger partial charge in [0.2, 0.25) is 0 Å². The van der Waals surface area contributed by atoms with Crippen molar-refractivity contribution in [2.75, 3.05) is 19.6 Å². The molecule has 1 heterocycles. The van der Waals surface area contributed by atoms with Crippen LogP contribution in [0, 0.1) is 11.7 Å². The monoisotopic (exact) mass is 298 g/mol. The van der Waals surface area contributed by atoms with Crippen LogP contribution in [0.3, 0.4) is 0 Å². The summed E-state index contributed by atoms with van der Waals surface area (Å²) in [5, 5.41) is 3.85. The van der Waals surface area contributed by atoms with Gasteiger partial charge in [0, 0.05) is 29.7 Å². The van der Waals surface area contributed by atoms with E-state index in [2.05, 4.69) is 24.1 Å². The minimum atomic E-state index is -0.200. The van der Waals surface area contributed by atoms with E-state index in [1.54, 1.807) is 12.1 Å². The van der Waals surface area contributed by atoms with E-state index < -0.39 is 0 Å². The van der Waals surface area contributed by atoms with Crippen LogP contribution < -0.4 is 5.32 Å². The molecular weight excluding hydrogens is 275 g/mol. The fourth-order valence-corrected chi connectivity index (χ4v) is 2.88. The third kappa shape index (κ3) is 4.44. The lowest BCUT2D eigenvalue weighted by molar-refractivity contribution is 0.160. The molecule has 0 amide bonds. The van der Waals surface area contributed by atoms with Crippen molar-refractivity contribution in [3.8, 4) is 0 Å². The van der Waals surface area contributed by atoms with Crippen molar-refractivity contribution in [3.05, 3.63) is 34.6 Å². The highest BCUT2D eigenvalue weighted by Gasteiger charge is 2.20. The summed E-state index contributed by atoms with van der Waals surface area (Å²) in [7, 11) is 0. The molecule has 0 radical (unpaired) electrons. The highest BCUT2D eigenvalue weighted by atomic mass is 35.5. The molecule has 4 heteroatoms. The molecule has 1 saturated heterocycles. The molecule has 1 fully saturated rings. The molecule has 1 N–H and O–H groups in total. The normalized spacial score (nSPS) is 17.1. The number of piperidine rings is 1. The van der Waals surface area contributed by atoms with Crippen LogP contribution in [0.4, 0.5) is 4.39 Å². The summed E-state index contributed by atoms with van der Waals surface area (Å²) in [5.41, 5.74) is 0.733. The molecule has 20 heavy (non-hydrogen) atoms. The maximum Gasteiger partial charge on any atom is 0.129 e. The van der Waals surface area contributed by atoms with Crippen LogP contribution in [0.15, 0.2) is 18.2 Å². The van der Waals surface area contributed by atoms with Gasteiger partial charge in [0.1, 0.15) is 5.82 Å². The smallest absolute Gasteiger partial charge is 0.129 e. The highest BCUT2D eigenvalue weighted by molar-refractivity contribution is 6.30. The molecule has 112 valence electrons. The van der Waals surface area contributed by atoms with E-state index in [4.69, 9.17) is 11.6 Å². The number of rotatable bonds is 5. The molecular formula is C16H24ClFN2. The summed E-state index contributed by atoms with van der Waals surface area (Å²) in [5.74, 6) is 0.516. The van der Waals surface area contributed by atoms with Crippen LogP contribution in [0.1, 0.15) is 32.3 Å². The fourth-order valence-electron chi connectivity index (χ4n) is 2.72. The van der Waals surface area contributed by atoms with Gasteiger partial charge in [0.15, 0.2) is 0 Å². The third-order valence-corrected chi connectivity index (χ3v) is 4.31. The standard InChI is InChI=1S/C16H24ClFN2/c1-12(2)20(10-13-5-7-19-8-6-13)11-14-3-4-15(17)9-16(14)18/h3-4,9,12-13,19H,5-8,10-11H2,1-2H3. The summed E-state index contributed by atoms with van der Waals surface area (Å²) in [4.78, 5) is 2.36. The number of hydrogen-bond donors (Lipinski definition) is 1. The Labute approximate surface area is 126 Å². The molecule has 1 aliphatic heterocycles. The summed E-state index contributed by atoms with van der Waals surface area (Å²) < 4.78 is 13.9. The van der Waals surface area contributed by atoms with Crippen LogP contribution in [-0.4, -0.2) is 30.6 Å². The van der Waals surface area contributed by atoms with Gasteiger partial charge in [0.25, 0.3) is 0 Å². The molecule has 1 aliphatic rings. The van der Waals surface area contributed by atoms with E-state index in [1.807, 2.05) is 0 Å². The Kier molecular flexibility index (Phi) is 5.82. The Hall–Kier alpha value is -0.640. The Bertz CT molecular complexity index is 430. The average molecular weight is 299 g/mol. The summed E-state index contributed by atoms with van der Waals surface area (Å²) in [6, 6.07) is 5.39. The zero-order valence-electron chi connectivity index (χ0n) is 12.3. The maximum absolute atomic E-state index is 13.9. The second-order valence-electron chi connectivity index (χ2n) is 5.95. The van der Waals surface area contributed by atoms with Crippen LogP contribution in [0.5, 0.6) is 0 Å². The van der Waals surface area contributed by atoms with Gasteiger partial charge < -0.3 is 5.32 Å². The lowest BCUT2D eigenvalue weighted by Crippen LogP contribution is -2.39. The lowest BCUT2D eigenvalue weighted by atomic mass is 9.96. The highest BCUT2D eigenvalue weighted by Crippen LogP contribution is 2.20. The van der Waals surface area contributed by atoms with Gasteiger partial charge in [-0.15, -0.1) is 0 Å². The summed E-state index contributed by atoms with van der Waals surface area (Å²) in [6.07, 6.45) is 2.43. The molecule has 1 aromatic rings. The van der Waals surface area contributed by atoms with Crippen LogP contribution in [0.2, 0.25) is 5.02 Å². The van der Waals surface area contributed by atoms with Crippen molar-refractivity contribution in [1.29, 1.82) is 0 Å². The molecule has 1 aromatic carbocycles. The molecule has 0 saturated carbocycles. The number of halogens is 2. The Morgan fingerprint density at radius 1 is 1.35 bits per heavy atom. The van der Waals surface area contributed by atoms with Crippen molar-refractivity contribution < 1.29 is 4.39 Å². The Morgan fingerprint density at radius 3 is 2.65 bits per heavy atom. The first-order valence-electron chi connectivity index (χ1n) is 7.45. The van der Waals surface area contributed by atoms with E-state index in [-0.39, 0.29) is 5.82 Å². The van der Waals surface area contributed by atoms with Crippen molar-refractivity contribution in [1.82, 2.24) is 10.2 Å². The van der Waals surface area contributed by atoms with Gasteiger partial charge in [-0.05, 0) is 57.8 Å². The van der Waals surface area contributed by atoms with Gasteiger partial charge in [-0.25, -0.2) is 4.39 Å². The molecule has 0 unspecified atom stereocenters. The number of benzene rings is 1. The molecule has 2 nitrogen and oxygen atoms in total. The minimum absolute atomic E-state index is 0.200. The number of hydrogen-bond acceptors (Lipinski definition) is 2. The molecule has 0 aromatic heterocycles. The first-order chi connectivity index (χ1) is 9.56. The van der Waals surface area contributed by atoms with Gasteiger partial charge in [0.05, 0.1) is 0 Å². The van der Waals surface area contributed by atoms with Crippen LogP contribution >= 0.6 is 11.6 Å². The largest absolute Gasteiger partial charge is 0.317 e. The van der Waals surface area contributed by atoms with Crippen LogP contribution in [0.25, 0.3) is 0 Å². The van der Waals surface area contributed by atoms with E-state index in [0.29, 0.717) is 23.5 Å². The predicted octanol–water partition coefficient (Wildman–Crippen LogP) is 3.69. The van der Waals surface area contributed by atoms with Crippen molar-refractivity contribution >= 4 is 11.6 Å². The van der Waals surface area contributed by atoms with Crippen LogP contribution in [-0.2, 0) is 6.54 Å². The predicted molar refractivity (Wildman–Crippen MR) is 82.5 cm³/mol. The van der Waals surface area contributed by atoms with Crippen molar-refractivity contribution in [2.45, 2.75) is 39.3 Å². The second-order valence-corrected chi connectivity index (χ2v) is 6.39. The molecule has 0 aliphatic carbocycles. The number of nitrogens with zero attached hydrogens (tertiary/aromatic N) is 1. The van der Waals surface area contributed by atoms with Crippen molar-refractivity contribution in [3.63, 3.8) is 0 Å². The average Bonchev–Trinajstić information content (AvgIpc) is 2.42. The quantitative estimate of drug-likeness (QED) is 0.892. The zero-order chi connectivity index (χ0) is 14.5. The SMILES string of the molecule is CC(C)N(Cc1ccc(Cl)cc1F)CC1CCNCC1. The summed E-state index contributed by atoms with van der Waals surface area (Å²) in [6.45, 7) is 8.26. The van der Waals surface area contributed by atoms with Gasteiger partial charge in [-0.3, -0.25) is 4.90 Å². The summed E-state index contributed by atoms with van der Waals surface area (Å²) >= 11 is 5.81. The molecule has 0 bridgehead atoms. The van der Waals surface area contributed by atoms with E-state index in [1.165, 1.54) is 18.9 Å². The first-order valence-corrected chi connectivity index (χ1v) is 7.82. The molecule has 0 atom stereocenters. The fraction of sp³-hybridized carbons (Fsp3) is 0.625. The van der Waals surface area contributed by atoms with Gasteiger partial charge >= 0.3 is 0 Å². The zero-order valence-corrected chi connectivity index (χ0v) is 13.1. The Balaban J connectivity index is 2.01. The second kappa shape index (κ2) is 7.39. The molecule has 2 rings (SSSR count). The molecule has 0 spiro atoms. The van der Waals surface area contributed by atoms with E-state index in [9.17, 15) is 4.39 Å². The van der Waals surface area contributed by atoms with E-state index in [0.717, 1.165) is 25.2 Å². The minimum Gasteiger partial charge on any atom is -0.317 e. The van der Waals surface area contributed by atoms with Gasteiger partial charge in [-0.2, -0.15) is 0 Å². The van der Waals surface area contributed by atoms with Gasteiger partial charge in [-0.1, -0.05) is 17.7 Å². The van der Waals surface area contributed by atoms with E-state index >= 15 is 0 Å².